The van der Waals surface area contributed by atoms with Crippen molar-refractivity contribution >= 4 is 11.0 Å². The van der Waals surface area contributed by atoms with Crippen LogP contribution >= 0.6 is 0 Å². The average molecular weight is 290 g/mol. The van der Waals surface area contributed by atoms with E-state index in [1.54, 1.807) is 10.6 Å². The number of benzene rings is 1. The number of aromatic nitrogens is 3. The van der Waals surface area contributed by atoms with E-state index in [2.05, 4.69) is 16.0 Å². The molecule has 22 heavy (non-hydrogen) atoms. The molecule has 0 saturated heterocycles. The largest absolute Gasteiger partial charge is 0.288 e. The fourth-order valence-corrected chi connectivity index (χ4v) is 2.45. The molecule has 0 amide bonds. The van der Waals surface area contributed by atoms with Crippen molar-refractivity contribution in [3.05, 3.63) is 58.5 Å². The van der Waals surface area contributed by atoms with Gasteiger partial charge in [0.2, 0.25) is 0 Å². The SMILES string of the molecule is CC(C)n1c(-c2ccccc2)nc2c(C#N)ccnc2c1=O. The Balaban J connectivity index is 2.48. The van der Waals surface area contributed by atoms with Gasteiger partial charge in [-0.15, -0.1) is 0 Å². The minimum Gasteiger partial charge on any atom is -0.288 e. The van der Waals surface area contributed by atoms with Gasteiger partial charge in [-0.05, 0) is 19.9 Å². The van der Waals surface area contributed by atoms with Crippen LogP contribution in [-0.2, 0) is 0 Å². The number of hydrogen-bond donors (Lipinski definition) is 0. The Morgan fingerprint density at radius 2 is 1.86 bits per heavy atom. The number of nitriles is 1. The van der Waals surface area contributed by atoms with Crippen molar-refractivity contribution in [1.82, 2.24) is 14.5 Å². The van der Waals surface area contributed by atoms with E-state index < -0.39 is 0 Å². The van der Waals surface area contributed by atoms with E-state index in [9.17, 15) is 10.1 Å². The first kappa shape index (κ1) is 14.0. The standard InChI is InChI=1S/C17H14N4O/c1-11(2)21-16(12-6-4-3-5-7-12)20-14-13(10-18)8-9-19-15(14)17(21)22/h3-9,11H,1-2H3. The van der Waals surface area contributed by atoms with E-state index >= 15 is 0 Å². The molecule has 3 rings (SSSR count). The Labute approximate surface area is 127 Å². The quantitative estimate of drug-likeness (QED) is 0.727. The van der Waals surface area contributed by atoms with Gasteiger partial charge in [0, 0.05) is 17.8 Å². The summed E-state index contributed by atoms with van der Waals surface area (Å²) in [6.45, 7) is 3.85. The van der Waals surface area contributed by atoms with E-state index in [1.807, 2.05) is 44.2 Å². The molecule has 0 aliphatic carbocycles. The molecule has 3 aromatic rings. The number of rotatable bonds is 2. The van der Waals surface area contributed by atoms with Crippen molar-refractivity contribution in [3.8, 4) is 17.5 Å². The Bertz CT molecular complexity index is 937. The molecule has 0 aliphatic rings. The van der Waals surface area contributed by atoms with Gasteiger partial charge >= 0.3 is 0 Å². The molecule has 0 bridgehead atoms. The molecule has 0 radical (unpaired) electrons. The van der Waals surface area contributed by atoms with Crippen LogP contribution in [0.25, 0.3) is 22.4 Å². The predicted molar refractivity (Wildman–Crippen MR) is 84.3 cm³/mol. The first-order valence-electron chi connectivity index (χ1n) is 7.00. The van der Waals surface area contributed by atoms with Gasteiger partial charge in [-0.1, -0.05) is 30.3 Å². The third kappa shape index (κ3) is 2.15. The second-order valence-electron chi connectivity index (χ2n) is 5.24. The van der Waals surface area contributed by atoms with Gasteiger partial charge in [0.25, 0.3) is 5.56 Å². The average Bonchev–Trinajstić information content (AvgIpc) is 2.54. The lowest BCUT2D eigenvalue weighted by molar-refractivity contribution is 0.580. The van der Waals surface area contributed by atoms with Crippen LogP contribution in [0.1, 0.15) is 25.5 Å². The Morgan fingerprint density at radius 3 is 2.50 bits per heavy atom. The summed E-state index contributed by atoms with van der Waals surface area (Å²) in [5.74, 6) is 0.553. The monoisotopic (exact) mass is 290 g/mol. The lowest BCUT2D eigenvalue weighted by Gasteiger charge is -2.16. The molecule has 0 saturated carbocycles. The van der Waals surface area contributed by atoms with Crippen molar-refractivity contribution < 1.29 is 0 Å². The summed E-state index contributed by atoms with van der Waals surface area (Å²) in [7, 11) is 0. The maximum atomic E-state index is 12.8. The third-order valence-corrected chi connectivity index (χ3v) is 3.46. The summed E-state index contributed by atoms with van der Waals surface area (Å²) in [6, 6.07) is 13.1. The second-order valence-corrected chi connectivity index (χ2v) is 5.24. The maximum absolute atomic E-state index is 12.8. The first-order valence-corrected chi connectivity index (χ1v) is 7.00. The molecule has 5 nitrogen and oxygen atoms in total. The lowest BCUT2D eigenvalue weighted by Crippen LogP contribution is -2.26. The van der Waals surface area contributed by atoms with Crippen LogP contribution < -0.4 is 5.56 Å². The molecule has 2 heterocycles. The number of fused-ring (bicyclic) bond motifs is 1. The maximum Gasteiger partial charge on any atom is 0.280 e. The van der Waals surface area contributed by atoms with Crippen molar-refractivity contribution in [3.63, 3.8) is 0 Å². The van der Waals surface area contributed by atoms with Crippen LogP contribution in [0.5, 0.6) is 0 Å². The molecule has 0 atom stereocenters. The zero-order valence-electron chi connectivity index (χ0n) is 12.3. The molecule has 0 N–H and O–H groups in total. The minimum atomic E-state index is -0.226. The van der Waals surface area contributed by atoms with E-state index in [4.69, 9.17) is 0 Å². The molecular weight excluding hydrogens is 276 g/mol. The predicted octanol–water partition coefficient (Wildman–Crippen LogP) is 2.91. The fraction of sp³-hybridized carbons (Fsp3) is 0.176. The Hall–Kier alpha value is -3.00. The van der Waals surface area contributed by atoms with Crippen molar-refractivity contribution in [2.24, 2.45) is 0 Å². The smallest absolute Gasteiger partial charge is 0.280 e. The number of nitrogens with zero attached hydrogens (tertiary/aromatic N) is 4. The summed E-state index contributed by atoms with van der Waals surface area (Å²) >= 11 is 0. The highest BCUT2D eigenvalue weighted by Crippen LogP contribution is 2.22. The summed E-state index contributed by atoms with van der Waals surface area (Å²) in [6.07, 6.45) is 1.47. The van der Waals surface area contributed by atoms with Gasteiger partial charge in [0.15, 0.2) is 5.52 Å². The normalized spacial score (nSPS) is 10.8. The zero-order chi connectivity index (χ0) is 15.7. The minimum absolute atomic E-state index is 0.0628. The molecule has 0 unspecified atom stereocenters. The Morgan fingerprint density at radius 1 is 1.14 bits per heavy atom. The molecule has 108 valence electrons. The topological polar surface area (TPSA) is 71.6 Å². The van der Waals surface area contributed by atoms with Gasteiger partial charge in [-0.2, -0.15) is 5.26 Å². The van der Waals surface area contributed by atoms with Crippen molar-refractivity contribution in [2.45, 2.75) is 19.9 Å². The molecule has 0 spiro atoms. The number of pyridine rings is 1. The zero-order valence-corrected chi connectivity index (χ0v) is 12.3. The summed E-state index contributed by atoms with van der Waals surface area (Å²) in [5.41, 5.74) is 1.55. The van der Waals surface area contributed by atoms with Crippen molar-refractivity contribution in [1.29, 1.82) is 5.26 Å². The highest BCUT2D eigenvalue weighted by atomic mass is 16.1. The Kier molecular flexibility index (Phi) is 3.43. The van der Waals surface area contributed by atoms with E-state index in [1.165, 1.54) is 6.20 Å². The fourth-order valence-electron chi connectivity index (χ4n) is 2.45. The molecule has 1 aromatic carbocycles. The van der Waals surface area contributed by atoms with E-state index in [0.717, 1.165) is 5.56 Å². The van der Waals surface area contributed by atoms with Gasteiger partial charge in [-0.3, -0.25) is 9.36 Å². The van der Waals surface area contributed by atoms with Gasteiger partial charge in [0.05, 0.1) is 5.56 Å². The third-order valence-electron chi connectivity index (χ3n) is 3.46. The highest BCUT2D eigenvalue weighted by molar-refractivity contribution is 5.81. The second kappa shape index (κ2) is 5.41. The first-order chi connectivity index (χ1) is 10.6. The lowest BCUT2D eigenvalue weighted by atomic mass is 10.1. The molecule has 0 aliphatic heterocycles. The summed E-state index contributed by atoms with van der Waals surface area (Å²) in [5, 5.41) is 9.24. The van der Waals surface area contributed by atoms with Crippen LogP contribution in [0, 0.1) is 11.3 Å². The van der Waals surface area contributed by atoms with Crippen LogP contribution in [0.15, 0.2) is 47.4 Å². The highest BCUT2D eigenvalue weighted by Gasteiger charge is 2.17. The van der Waals surface area contributed by atoms with Crippen LogP contribution in [-0.4, -0.2) is 14.5 Å². The van der Waals surface area contributed by atoms with E-state index in [-0.39, 0.29) is 17.1 Å². The van der Waals surface area contributed by atoms with Gasteiger partial charge < -0.3 is 0 Å². The molecule has 5 heteroatoms. The van der Waals surface area contributed by atoms with Crippen LogP contribution in [0.4, 0.5) is 0 Å². The van der Waals surface area contributed by atoms with Crippen LogP contribution in [0.3, 0.4) is 0 Å². The summed E-state index contributed by atoms with van der Waals surface area (Å²) < 4.78 is 1.62. The van der Waals surface area contributed by atoms with Crippen molar-refractivity contribution in [2.75, 3.05) is 0 Å². The molecule has 2 aromatic heterocycles. The van der Waals surface area contributed by atoms with Gasteiger partial charge in [-0.25, -0.2) is 9.97 Å². The van der Waals surface area contributed by atoms with Gasteiger partial charge in [0.1, 0.15) is 17.4 Å². The molecule has 0 fully saturated rings. The number of hydrogen-bond acceptors (Lipinski definition) is 4. The summed E-state index contributed by atoms with van der Waals surface area (Å²) in [4.78, 5) is 21.5. The molecular formula is C17H14N4O. The van der Waals surface area contributed by atoms with Crippen LogP contribution in [0.2, 0.25) is 0 Å². The van der Waals surface area contributed by atoms with E-state index in [0.29, 0.717) is 16.9 Å².